The number of nitrogens with zero attached hydrogens (tertiary/aromatic N) is 5. The van der Waals surface area contributed by atoms with Crippen LogP contribution in [0.3, 0.4) is 0 Å². The van der Waals surface area contributed by atoms with Gasteiger partial charge in [-0.15, -0.1) is 0 Å². The standard InChI is InChI=1S/C52H40N6/c1-52(2)44-19-11-9-17-38(44)40-21-22-41-39-18-10-12-20-45(39)58(48(41)46(40)52)47-42(33-13-5-3-6-14-33)31-37(32-43(47)34-15-7-4-8-16-34)51-56-49(35-23-27-53-28-24-35)55-50(57-51)36-25-29-54-30-26-36/h3-15,17-32,34,49H,16H2,1-2H3,(H,55,56,57). The van der Waals surface area contributed by atoms with E-state index in [1.165, 1.54) is 55.3 Å². The molecule has 2 unspecified atom stereocenters. The average Bonchev–Trinajstić information content (AvgIpc) is 3.75. The zero-order valence-electron chi connectivity index (χ0n) is 32.3. The molecule has 5 aromatic carbocycles. The molecule has 11 rings (SSSR count). The largest absolute Gasteiger partial charge is 0.344 e. The molecule has 0 saturated carbocycles. The van der Waals surface area contributed by atoms with Gasteiger partial charge in [0.05, 0.1) is 16.7 Å². The first-order valence-corrected chi connectivity index (χ1v) is 20.0. The third kappa shape index (κ3) is 5.40. The van der Waals surface area contributed by atoms with E-state index < -0.39 is 0 Å². The van der Waals surface area contributed by atoms with Gasteiger partial charge in [0.2, 0.25) is 0 Å². The Kier molecular flexibility index (Phi) is 7.93. The third-order valence-electron chi connectivity index (χ3n) is 12.2. The average molecular weight is 749 g/mol. The zero-order chi connectivity index (χ0) is 38.8. The molecule has 278 valence electrons. The number of rotatable bonds is 6. The van der Waals surface area contributed by atoms with Gasteiger partial charge < -0.3 is 9.88 Å². The summed E-state index contributed by atoms with van der Waals surface area (Å²) in [6, 6.07) is 46.1. The molecule has 0 amide bonds. The second-order valence-electron chi connectivity index (χ2n) is 15.9. The Morgan fingerprint density at radius 1 is 0.655 bits per heavy atom. The number of hydrogen-bond acceptors (Lipinski definition) is 5. The Morgan fingerprint density at radius 3 is 2.22 bits per heavy atom. The number of pyridine rings is 2. The molecule has 1 N–H and O–H groups in total. The van der Waals surface area contributed by atoms with Crippen LogP contribution in [-0.2, 0) is 5.41 Å². The summed E-state index contributed by atoms with van der Waals surface area (Å²) in [5.41, 5.74) is 15.2. The fraction of sp³-hybridized carbons (Fsp3) is 0.115. The fourth-order valence-electron chi connectivity index (χ4n) is 9.46. The van der Waals surface area contributed by atoms with Crippen LogP contribution >= 0.6 is 0 Å². The topological polar surface area (TPSA) is 67.5 Å². The predicted octanol–water partition coefficient (Wildman–Crippen LogP) is 11.6. The second-order valence-corrected chi connectivity index (χ2v) is 15.9. The number of para-hydroxylation sites is 1. The van der Waals surface area contributed by atoms with Crippen molar-refractivity contribution < 1.29 is 0 Å². The van der Waals surface area contributed by atoms with E-state index in [-0.39, 0.29) is 17.5 Å². The van der Waals surface area contributed by atoms with Crippen molar-refractivity contribution >= 4 is 33.5 Å². The number of benzene rings is 5. The van der Waals surface area contributed by atoms with E-state index in [0.29, 0.717) is 5.84 Å². The summed E-state index contributed by atoms with van der Waals surface area (Å²) in [5, 5.41) is 6.25. The third-order valence-corrected chi connectivity index (χ3v) is 12.2. The van der Waals surface area contributed by atoms with Gasteiger partial charge in [0.15, 0.2) is 5.84 Å². The van der Waals surface area contributed by atoms with Gasteiger partial charge in [0.25, 0.3) is 0 Å². The highest BCUT2D eigenvalue weighted by atomic mass is 15.2. The molecule has 4 heterocycles. The van der Waals surface area contributed by atoms with Crippen LogP contribution in [0.5, 0.6) is 0 Å². The molecular weight excluding hydrogens is 709 g/mol. The molecule has 0 saturated heterocycles. The van der Waals surface area contributed by atoms with Crippen LogP contribution in [0.25, 0.3) is 49.7 Å². The van der Waals surface area contributed by atoms with E-state index in [1.807, 2.05) is 36.7 Å². The van der Waals surface area contributed by atoms with Crippen molar-refractivity contribution in [1.29, 1.82) is 0 Å². The van der Waals surface area contributed by atoms with E-state index >= 15 is 0 Å². The summed E-state index contributed by atoms with van der Waals surface area (Å²) in [4.78, 5) is 19.0. The molecule has 3 aromatic heterocycles. The highest BCUT2D eigenvalue weighted by molar-refractivity contribution is 6.15. The van der Waals surface area contributed by atoms with Crippen molar-refractivity contribution in [3.8, 4) is 27.9 Å². The van der Waals surface area contributed by atoms with Crippen LogP contribution < -0.4 is 5.32 Å². The summed E-state index contributed by atoms with van der Waals surface area (Å²) in [6.45, 7) is 4.79. The summed E-state index contributed by atoms with van der Waals surface area (Å²) in [6.07, 6.45) is 16.7. The molecule has 0 bridgehead atoms. The minimum absolute atomic E-state index is 0.120. The van der Waals surface area contributed by atoms with Gasteiger partial charge in [0, 0.05) is 63.6 Å². The second kappa shape index (κ2) is 13.5. The van der Waals surface area contributed by atoms with E-state index in [4.69, 9.17) is 9.98 Å². The molecule has 6 nitrogen and oxygen atoms in total. The number of aliphatic imine (C=N–C) groups is 2. The van der Waals surface area contributed by atoms with Gasteiger partial charge in [-0.2, -0.15) is 0 Å². The van der Waals surface area contributed by atoms with Crippen molar-refractivity contribution in [3.05, 3.63) is 210 Å². The molecule has 3 aliphatic rings. The van der Waals surface area contributed by atoms with Gasteiger partial charge in [-0.1, -0.05) is 123 Å². The molecule has 2 atom stereocenters. The van der Waals surface area contributed by atoms with Gasteiger partial charge in [-0.25, -0.2) is 9.98 Å². The minimum Gasteiger partial charge on any atom is -0.344 e. The van der Waals surface area contributed by atoms with Gasteiger partial charge in [-0.05, 0) is 87.8 Å². The van der Waals surface area contributed by atoms with Gasteiger partial charge in [-0.3, -0.25) is 9.97 Å². The Labute approximate surface area is 337 Å². The molecule has 1 aliphatic heterocycles. The molecule has 6 heteroatoms. The van der Waals surface area contributed by atoms with Crippen LogP contribution in [0.15, 0.2) is 186 Å². The SMILES string of the molecule is CC1(C)c2ccccc2-c2ccc3c4ccccc4n(-c4c(-c5ccccc5)cc(C5=NC(c6ccncc6)=NC(c6ccncc6)N5)cc4C4C=CC=CC4)c3c21. The highest BCUT2D eigenvalue weighted by Gasteiger charge is 2.39. The zero-order valence-corrected chi connectivity index (χ0v) is 32.3. The molecule has 0 spiro atoms. The number of aromatic nitrogens is 3. The summed E-state index contributed by atoms with van der Waals surface area (Å²) in [5.74, 6) is 1.54. The lowest BCUT2D eigenvalue weighted by Crippen LogP contribution is -2.33. The van der Waals surface area contributed by atoms with Gasteiger partial charge in [0.1, 0.15) is 12.0 Å². The quantitative estimate of drug-likeness (QED) is 0.184. The van der Waals surface area contributed by atoms with Crippen LogP contribution in [0.4, 0.5) is 0 Å². The van der Waals surface area contributed by atoms with E-state index in [2.05, 4.69) is 161 Å². The van der Waals surface area contributed by atoms with Gasteiger partial charge >= 0.3 is 0 Å². The van der Waals surface area contributed by atoms with Crippen LogP contribution in [0.1, 0.15) is 65.7 Å². The Balaban J connectivity index is 1.24. The van der Waals surface area contributed by atoms with Crippen molar-refractivity contribution in [2.75, 3.05) is 0 Å². The van der Waals surface area contributed by atoms with Crippen molar-refractivity contribution in [1.82, 2.24) is 19.9 Å². The Bertz CT molecular complexity index is 3030. The first kappa shape index (κ1) is 34.1. The Morgan fingerprint density at radius 2 is 1.41 bits per heavy atom. The summed E-state index contributed by atoms with van der Waals surface area (Å²) in [7, 11) is 0. The Hall–Kier alpha value is -7.18. The van der Waals surface area contributed by atoms with Crippen molar-refractivity contribution in [3.63, 3.8) is 0 Å². The lowest BCUT2D eigenvalue weighted by atomic mass is 9.81. The minimum atomic E-state index is -0.358. The molecule has 2 aliphatic carbocycles. The molecule has 0 radical (unpaired) electrons. The highest BCUT2D eigenvalue weighted by Crippen LogP contribution is 2.54. The summed E-state index contributed by atoms with van der Waals surface area (Å²) < 4.78 is 2.60. The first-order chi connectivity index (χ1) is 28.5. The predicted molar refractivity (Wildman–Crippen MR) is 237 cm³/mol. The maximum absolute atomic E-state index is 5.27. The maximum Gasteiger partial charge on any atom is 0.159 e. The number of amidine groups is 2. The number of nitrogens with one attached hydrogen (secondary N) is 1. The van der Waals surface area contributed by atoms with Crippen LogP contribution in [0, 0.1) is 0 Å². The maximum atomic E-state index is 5.27. The first-order valence-electron chi connectivity index (χ1n) is 20.0. The van der Waals surface area contributed by atoms with Crippen molar-refractivity contribution in [2.45, 2.75) is 37.8 Å². The van der Waals surface area contributed by atoms with E-state index in [1.54, 1.807) is 12.4 Å². The van der Waals surface area contributed by atoms with E-state index in [9.17, 15) is 0 Å². The van der Waals surface area contributed by atoms with Crippen LogP contribution in [0.2, 0.25) is 0 Å². The van der Waals surface area contributed by atoms with Crippen LogP contribution in [-0.4, -0.2) is 26.2 Å². The lowest BCUT2D eigenvalue weighted by molar-refractivity contribution is 0.663. The van der Waals surface area contributed by atoms with E-state index in [0.717, 1.165) is 40.1 Å². The summed E-state index contributed by atoms with van der Waals surface area (Å²) >= 11 is 0. The monoisotopic (exact) mass is 748 g/mol. The molecule has 0 fully saturated rings. The molecule has 8 aromatic rings. The molecular formula is C52H40N6. The smallest absolute Gasteiger partial charge is 0.159 e. The number of fused-ring (bicyclic) bond motifs is 7. The lowest BCUT2D eigenvalue weighted by Gasteiger charge is -2.28. The normalized spacial score (nSPS) is 17.8. The number of allylic oxidation sites excluding steroid dienone is 4. The van der Waals surface area contributed by atoms with Crippen molar-refractivity contribution in [2.24, 2.45) is 9.98 Å². The fourth-order valence-corrected chi connectivity index (χ4v) is 9.46. The number of hydrogen-bond donors (Lipinski definition) is 1. The molecule has 58 heavy (non-hydrogen) atoms.